The van der Waals surface area contributed by atoms with E-state index in [1.807, 2.05) is 0 Å². The second-order valence-corrected chi connectivity index (χ2v) is 11.1. The van der Waals surface area contributed by atoms with Gasteiger partial charge in [-0.1, -0.05) is 6.07 Å². The number of aryl methyl sites for hydroxylation is 1. The number of rotatable bonds is 6. The molecule has 3 aliphatic heterocycles. The molecule has 1 aromatic heterocycles. The Morgan fingerprint density at radius 2 is 2.05 bits per heavy atom. The Kier molecular flexibility index (Phi) is 7.58. The average molecular weight is 562 g/mol. The first-order valence-corrected chi connectivity index (χ1v) is 14.0. The van der Waals surface area contributed by atoms with E-state index in [9.17, 15) is 22.8 Å². The summed E-state index contributed by atoms with van der Waals surface area (Å²) in [6.45, 7) is 2.80. The number of carbonyl (C=O) groups excluding carboxylic acids is 2. The zero-order valence-electron chi connectivity index (χ0n) is 22.2. The van der Waals surface area contributed by atoms with E-state index in [0.717, 1.165) is 62.2 Å². The number of amides is 2. The van der Waals surface area contributed by atoms with Crippen LogP contribution >= 0.6 is 0 Å². The van der Waals surface area contributed by atoms with E-state index < -0.39 is 17.6 Å². The van der Waals surface area contributed by atoms with E-state index in [0.29, 0.717) is 37.7 Å². The summed E-state index contributed by atoms with van der Waals surface area (Å²) < 4.78 is 51.9. The molecule has 2 aromatic rings. The lowest BCUT2D eigenvalue weighted by Crippen LogP contribution is -2.50. The molecule has 4 heterocycles. The fraction of sp³-hybridized carbons (Fsp3) is 0.607. The van der Waals surface area contributed by atoms with Crippen LogP contribution in [0.25, 0.3) is 0 Å². The molecule has 2 fully saturated rings. The first-order chi connectivity index (χ1) is 19.3. The maximum absolute atomic E-state index is 13.2. The monoisotopic (exact) mass is 561 g/mol. The number of carbonyl (C=O) groups is 2. The van der Waals surface area contributed by atoms with Gasteiger partial charge in [-0.25, -0.2) is 4.98 Å². The quantitative estimate of drug-likeness (QED) is 0.563. The van der Waals surface area contributed by atoms with E-state index in [1.54, 1.807) is 6.33 Å². The van der Waals surface area contributed by atoms with Gasteiger partial charge in [0, 0.05) is 50.1 Å². The summed E-state index contributed by atoms with van der Waals surface area (Å²) in [4.78, 5) is 37.6. The SMILES string of the molecule is O=C(CN1CCc2ccc(C(F)(F)F)cc2C1=O)NC1CN(C2CCCOCC2)C[C@@H]1OC1CCc2[nH]cnc21. The van der Waals surface area contributed by atoms with Gasteiger partial charge in [0.25, 0.3) is 5.91 Å². The molecular formula is C28H34F3N5O4. The molecule has 1 aromatic carbocycles. The number of aromatic nitrogens is 2. The summed E-state index contributed by atoms with van der Waals surface area (Å²) in [7, 11) is 0. The highest BCUT2D eigenvalue weighted by Crippen LogP contribution is 2.35. The van der Waals surface area contributed by atoms with Gasteiger partial charge in [0.05, 0.1) is 36.3 Å². The van der Waals surface area contributed by atoms with Crippen molar-refractivity contribution in [1.82, 2.24) is 25.1 Å². The number of fused-ring (bicyclic) bond motifs is 2. The average Bonchev–Trinajstić information content (AvgIpc) is 3.58. The van der Waals surface area contributed by atoms with Crippen LogP contribution in [-0.4, -0.2) is 89.2 Å². The highest BCUT2D eigenvalue weighted by Gasteiger charge is 2.41. The number of nitrogens with zero attached hydrogens (tertiary/aromatic N) is 3. The number of hydrogen-bond donors (Lipinski definition) is 2. The lowest BCUT2D eigenvalue weighted by Gasteiger charge is -2.30. The number of imidazole rings is 1. The second-order valence-electron chi connectivity index (χ2n) is 11.1. The number of hydrogen-bond acceptors (Lipinski definition) is 6. The third-order valence-electron chi connectivity index (χ3n) is 8.57. The third-order valence-corrected chi connectivity index (χ3v) is 8.57. The zero-order valence-corrected chi connectivity index (χ0v) is 22.2. The van der Waals surface area contributed by atoms with Crippen LogP contribution in [0.1, 0.15) is 64.7 Å². The molecule has 0 radical (unpaired) electrons. The lowest BCUT2D eigenvalue weighted by atomic mass is 9.96. The molecule has 9 nitrogen and oxygen atoms in total. The Labute approximate surface area is 230 Å². The first-order valence-electron chi connectivity index (χ1n) is 14.0. The molecule has 3 unspecified atom stereocenters. The Hall–Kier alpha value is -2.96. The number of H-pyrrole nitrogens is 1. The molecule has 4 atom stereocenters. The van der Waals surface area contributed by atoms with Gasteiger partial charge in [-0.3, -0.25) is 14.5 Å². The normalized spacial score (nSPS) is 27.4. The zero-order chi connectivity index (χ0) is 27.9. The molecule has 12 heteroatoms. The number of halogens is 3. The Bertz CT molecular complexity index is 1240. The van der Waals surface area contributed by atoms with Gasteiger partial charge in [-0.2, -0.15) is 13.2 Å². The Morgan fingerprint density at radius 1 is 1.18 bits per heavy atom. The van der Waals surface area contributed by atoms with E-state index in [1.165, 1.54) is 11.0 Å². The summed E-state index contributed by atoms with van der Waals surface area (Å²) >= 11 is 0. The molecule has 1 aliphatic carbocycles. The number of likely N-dealkylation sites (tertiary alicyclic amines) is 1. The van der Waals surface area contributed by atoms with Gasteiger partial charge in [-0.05, 0) is 56.2 Å². The van der Waals surface area contributed by atoms with Crippen molar-refractivity contribution in [2.45, 2.75) is 69.0 Å². The topological polar surface area (TPSA) is 99.8 Å². The largest absolute Gasteiger partial charge is 0.416 e. The number of nitrogens with one attached hydrogen (secondary N) is 2. The minimum atomic E-state index is -4.54. The van der Waals surface area contributed by atoms with Crippen molar-refractivity contribution >= 4 is 11.8 Å². The standard InChI is InChI=1S/C28H34F3N5O4/c29-28(30,31)18-4-3-17-7-9-35(27(38)20(17)12-18)15-25(37)34-22-13-36(19-2-1-10-39-11-8-19)14-24(22)40-23-6-5-21-26(23)33-16-32-21/h3-4,12,16,19,22-24H,1-2,5-11,13-15H2,(H,32,33)(H,34,37)/t19?,22?,23?,24-/m0/s1. The van der Waals surface area contributed by atoms with Crippen LogP contribution in [0.4, 0.5) is 13.2 Å². The first kappa shape index (κ1) is 27.2. The van der Waals surface area contributed by atoms with Crippen LogP contribution in [0.5, 0.6) is 0 Å². The van der Waals surface area contributed by atoms with Crippen molar-refractivity contribution in [3.8, 4) is 0 Å². The van der Waals surface area contributed by atoms with Crippen molar-refractivity contribution < 1.29 is 32.2 Å². The number of benzene rings is 1. The lowest BCUT2D eigenvalue weighted by molar-refractivity contribution is -0.137. The molecule has 0 saturated carbocycles. The molecule has 6 rings (SSSR count). The molecule has 4 aliphatic rings. The predicted molar refractivity (Wildman–Crippen MR) is 138 cm³/mol. The van der Waals surface area contributed by atoms with E-state index in [-0.39, 0.29) is 42.8 Å². The Morgan fingerprint density at radius 3 is 2.90 bits per heavy atom. The van der Waals surface area contributed by atoms with Gasteiger partial charge in [0.1, 0.15) is 6.10 Å². The fourth-order valence-corrected chi connectivity index (χ4v) is 6.47. The van der Waals surface area contributed by atoms with Crippen molar-refractivity contribution in [2.24, 2.45) is 0 Å². The minimum Gasteiger partial charge on any atom is -0.381 e. The summed E-state index contributed by atoms with van der Waals surface area (Å²) in [5.41, 5.74) is 1.71. The van der Waals surface area contributed by atoms with Crippen molar-refractivity contribution in [3.63, 3.8) is 0 Å². The smallest absolute Gasteiger partial charge is 0.381 e. The van der Waals surface area contributed by atoms with Crippen molar-refractivity contribution in [2.75, 3.05) is 39.4 Å². The van der Waals surface area contributed by atoms with Gasteiger partial charge in [0.15, 0.2) is 0 Å². The molecule has 0 spiro atoms. The van der Waals surface area contributed by atoms with Crippen molar-refractivity contribution in [3.05, 3.63) is 52.6 Å². The van der Waals surface area contributed by atoms with Crippen molar-refractivity contribution in [1.29, 1.82) is 0 Å². The third kappa shape index (κ3) is 5.61. The van der Waals surface area contributed by atoms with Gasteiger partial charge in [0.2, 0.25) is 5.91 Å². The fourth-order valence-electron chi connectivity index (χ4n) is 6.47. The minimum absolute atomic E-state index is 0.00810. The molecular weight excluding hydrogens is 527 g/mol. The van der Waals surface area contributed by atoms with Crippen LogP contribution < -0.4 is 5.32 Å². The molecule has 0 bridgehead atoms. The highest BCUT2D eigenvalue weighted by molar-refractivity contribution is 5.99. The van der Waals surface area contributed by atoms with Crippen LogP contribution in [-0.2, 0) is 33.3 Å². The van der Waals surface area contributed by atoms with Gasteiger partial charge >= 0.3 is 6.18 Å². The van der Waals surface area contributed by atoms with Gasteiger partial charge < -0.3 is 24.7 Å². The maximum atomic E-state index is 13.2. The van der Waals surface area contributed by atoms with Crippen LogP contribution in [0.3, 0.4) is 0 Å². The van der Waals surface area contributed by atoms with Crippen LogP contribution in [0.2, 0.25) is 0 Å². The van der Waals surface area contributed by atoms with E-state index in [2.05, 4.69) is 20.2 Å². The van der Waals surface area contributed by atoms with E-state index in [4.69, 9.17) is 9.47 Å². The summed E-state index contributed by atoms with van der Waals surface area (Å²) in [5.74, 6) is -0.904. The molecule has 2 N–H and O–H groups in total. The number of ether oxygens (including phenoxy) is 2. The maximum Gasteiger partial charge on any atom is 0.416 e. The second kappa shape index (κ2) is 11.1. The van der Waals surface area contributed by atoms with Gasteiger partial charge in [-0.15, -0.1) is 0 Å². The number of aromatic amines is 1. The molecule has 2 saturated heterocycles. The summed E-state index contributed by atoms with van der Waals surface area (Å²) in [5, 5.41) is 3.09. The number of alkyl halides is 3. The molecule has 40 heavy (non-hydrogen) atoms. The van der Waals surface area contributed by atoms with Crippen LogP contribution in [0.15, 0.2) is 24.5 Å². The summed E-state index contributed by atoms with van der Waals surface area (Å²) in [6.07, 6.45) is 1.73. The molecule has 216 valence electrons. The van der Waals surface area contributed by atoms with Crippen LogP contribution in [0, 0.1) is 0 Å². The van der Waals surface area contributed by atoms with E-state index >= 15 is 0 Å². The predicted octanol–water partition coefficient (Wildman–Crippen LogP) is 2.87. The Balaban J connectivity index is 1.13. The molecule has 2 amide bonds. The summed E-state index contributed by atoms with van der Waals surface area (Å²) in [6, 6.07) is 3.29. The highest BCUT2D eigenvalue weighted by atomic mass is 19.4.